The van der Waals surface area contributed by atoms with Crippen molar-refractivity contribution in [3.8, 4) is 17.5 Å². The molecule has 0 atom stereocenters. The fourth-order valence-electron chi connectivity index (χ4n) is 1.26. The molecule has 0 spiro atoms. The van der Waals surface area contributed by atoms with Crippen LogP contribution in [0.4, 0.5) is 10.2 Å². The summed E-state index contributed by atoms with van der Waals surface area (Å²) < 4.78 is 13.4. The molecule has 0 aliphatic carbocycles. The van der Waals surface area contributed by atoms with Crippen molar-refractivity contribution in [3.05, 3.63) is 40.2 Å². The SMILES string of the molecule is N#Cc1cnc(-c2ccc(F)c(Br)c2)nc1N. The predicted octanol–water partition coefficient (Wildman–Crippen LogP) is 2.50. The Balaban J connectivity index is 2.50. The topological polar surface area (TPSA) is 75.6 Å². The summed E-state index contributed by atoms with van der Waals surface area (Å²) in [5, 5.41) is 8.69. The molecule has 0 unspecified atom stereocenters. The van der Waals surface area contributed by atoms with Crippen molar-refractivity contribution in [1.29, 1.82) is 5.26 Å². The summed E-state index contributed by atoms with van der Waals surface area (Å²) in [6, 6.07) is 6.27. The second-order valence-corrected chi connectivity index (χ2v) is 4.09. The minimum atomic E-state index is -0.365. The molecular formula is C11H6BrFN4. The van der Waals surface area contributed by atoms with Gasteiger partial charge in [0.25, 0.3) is 0 Å². The van der Waals surface area contributed by atoms with Crippen molar-refractivity contribution in [1.82, 2.24) is 9.97 Å². The Hall–Kier alpha value is -2.00. The smallest absolute Gasteiger partial charge is 0.161 e. The van der Waals surface area contributed by atoms with Crippen LogP contribution in [-0.4, -0.2) is 9.97 Å². The Morgan fingerprint density at radius 3 is 2.76 bits per heavy atom. The molecule has 0 saturated carbocycles. The van der Waals surface area contributed by atoms with Crippen LogP contribution in [0, 0.1) is 17.1 Å². The van der Waals surface area contributed by atoms with Crippen molar-refractivity contribution in [3.63, 3.8) is 0 Å². The third kappa shape index (κ3) is 2.24. The summed E-state index contributed by atoms with van der Waals surface area (Å²) in [6.45, 7) is 0. The summed E-state index contributed by atoms with van der Waals surface area (Å²) >= 11 is 3.08. The van der Waals surface area contributed by atoms with E-state index < -0.39 is 0 Å². The third-order valence-corrected chi connectivity index (χ3v) is 2.72. The van der Waals surface area contributed by atoms with Crippen LogP contribution < -0.4 is 5.73 Å². The molecule has 6 heteroatoms. The first kappa shape index (κ1) is 11.5. The molecule has 1 heterocycles. The highest BCUT2D eigenvalue weighted by molar-refractivity contribution is 9.10. The number of aromatic nitrogens is 2. The highest BCUT2D eigenvalue weighted by Crippen LogP contribution is 2.23. The lowest BCUT2D eigenvalue weighted by molar-refractivity contribution is 0.621. The maximum Gasteiger partial charge on any atom is 0.161 e. The average molecular weight is 293 g/mol. The van der Waals surface area contributed by atoms with E-state index in [2.05, 4.69) is 25.9 Å². The van der Waals surface area contributed by atoms with E-state index in [1.165, 1.54) is 12.3 Å². The summed E-state index contributed by atoms with van der Waals surface area (Å²) in [7, 11) is 0. The number of hydrogen-bond donors (Lipinski definition) is 1. The van der Waals surface area contributed by atoms with Crippen LogP contribution in [0.2, 0.25) is 0 Å². The first-order valence-electron chi connectivity index (χ1n) is 4.60. The largest absolute Gasteiger partial charge is 0.382 e. The summed E-state index contributed by atoms with van der Waals surface area (Å²) in [4.78, 5) is 7.98. The molecule has 2 N–H and O–H groups in total. The molecule has 84 valence electrons. The quantitative estimate of drug-likeness (QED) is 0.876. The molecule has 1 aromatic heterocycles. The van der Waals surface area contributed by atoms with Crippen LogP contribution in [0.15, 0.2) is 28.9 Å². The van der Waals surface area contributed by atoms with Crippen molar-refractivity contribution < 1.29 is 4.39 Å². The first-order chi connectivity index (χ1) is 8.11. The van der Waals surface area contributed by atoms with E-state index in [0.717, 1.165) is 0 Å². The number of nitrogen functional groups attached to an aromatic ring is 1. The van der Waals surface area contributed by atoms with Crippen LogP contribution in [0.3, 0.4) is 0 Å². The van der Waals surface area contributed by atoms with Crippen molar-refractivity contribution in [2.45, 2.75) is 0 Å². The number of anilines is 1. The molecule has 0 amide bonds. The summed E-state index contributed by atoms with van der Waals surface area (Å²) in [5.41, 5.74) is 6.42. The Labute approximate surface area is 105 Å². The van der Waals surface area contributed by atoms with E-state index in [1.807, 2.05) is 6.07 Å². The average Bonchev–Trinajstić information content (AvgIpc) is 2.32. The molecule has 2 rings (SSSR count). The lowest BCUT2D eigenvalue weighted by atomic mass is 10.2. The van der Waals surface area contributed by atoms with Gasteiger partial charge in [0.05, 0.1) is 10.7 Å². The minimum Gasteiger partial charge on any atom is -0.382 e. The van der Waals surface area contributed by atoms with Gasteiger partial charge in [0.15, 0.2) is 5.82 Å². The normalized spacial score (nSPS) is 9.94. The van der Waals surface area contributed by atoms with Gasteiger partial charge in [-0.25, -0.2) is 14.4 Å². The van der Waals surface area contributed by atoms with E-state index in [9.17, 15) is 4.39 Å². The molecule has 0 aliphatic rings. The zero-order valence-corrected chi connectivity index (χ0v) is 10.1. The molecule has 0 radical (unpaired) electrons. The Kier molecular flexibility index (Phi) is 3.02. The van der Waals surface area contributed by atoms with E-state index in [0.29, 0.717) is 15.9 Å². The molecular weight excluding hydrogens is 287 g/mol. The van der Waals surface area contributed by atoms with E-state index in [4.69, 9.17) is 11.0 Å². The zero-order chi connectivity index (χ0) is 12.4. The van der Waals surface area contributed by atoms with Gasteiger partial charge < -0.3 is 5.73 Å². The summed E-state index contributed by atoms with van der Waals surface area (Å²) in [5.74, 6) is 0.0931. The number of rotatable bonds is 1. The van der Waals surface area contributed by atoms with Gasteiger partial charge in [0, 0.05) is 5.56 Å². The predicted molar refractivity (Wildman–Crippen MR) is 64.3 cm³/mol. The van der Waals surface area contributed by atoms with Crippen molar-refractivity contribution in [2.75, 3.05) is 5.73 Å². The maximum absolute atomic E-state index is 13.1. The highest BCUT2D eigenvalue weighted by Gasteiger charge is 2.07. The van der Waals surface area contributed by atoms with E-state index >= 15 is 0 Å². The van der Waals surface area contributed by atoms with Gasteiger partial charge in [-0.1, -0.05) is 0 Å². The van der Waals surface area contributed by atoms with Crippen LogP contribution in [0.1, 0.15) is 5.56 Å². The Morgan fingerprint density at radius 2 is 2.18 bits per heavy atom. The fraction of sp³-hybridized carbons (Fsp3) is 0. The number of benzene rings is 1. The Bertz CT molecular complexity index is 621. The third-order valence-electron chi connectivity index (χ3n) is 2.12. The lowest BCUT2D eigenvalue weighted by Crippen LogP contribution is -1.99. The van der Waals surface area contributed by atoms with E-state index in [1.54, 1.807) is 12.1 Å². The minimum absolute atomic E-state index is 0.109. The van der Waals surface area contributed by atoms with E-state index in [-0.39, 0.29) is 17.2 Å². The first-order valence-corrected chi connectivity index (χ1v) is 5.39. The fourth-order valence-corrected chi connectivity index (χ4v) is 1.63. The summed E-state index contributed by atoms with van der Waals surface area (Å²) in [6.07, 6.45) is 1.34. The monoisotopic (exact) mass is 292 g/mol. The second kappa shape index (κ2) is 4.47. The molecule has 2 aromatic rings. The molecule has 0 aliphatic heterocycles. The zero-order valence-electron chi connectivity index (χ0n) is 8.48. The highest BCUT2D eigenvalue weighted by atomic mass is 79.9. The van der Waals surface area contributed by atoms with Gasteiger partial charge in [-0.05, 0) is 34.1 Å². The number of halogens is 2. The van der Waals surface area contributed by atoms with Crippen LogP contribution in [-0.2, 0) is 0 Å². The van der Waals surface area contributed by atoms with Crippen molar-refractivity contribution in [2.24, 2.45) is 0 Å². The van der Waals surface area contributed by atoms with Crippen LogP contribution >= 0.6 is 15.9 Å². The van der Waals surface area contributed by atoms with Crippen LogP contribution in [0.5, 0.6) is 0 Å². The Morgan fingerprint density at radius 1 is 1.41 bits per heavy atom. The number of nitrogens with two attached hydrogens (primary N) is 1. The molecule has 4 nitrogen and oxygen atoms in total. The number of nitriles is 1. The number of hydrogen-bond acceptors (Lipinski definition) is 4. The van der Waals surface area contributed by atoms with Gasteiger partial charge in [0.2, 0.25) is 0 Å². The maximum atomic E-state index is 13.1. The van der Waals surface area contributed by atoms with Gasteiger partial charge in [-0.2, -0.15) is 5.26 Å². The molecule has 0 fully saturated rings. The second-order valence-electron chi connectivity index (χ2n) is 3.23. The van der Waals surface area contributed by atoms with Gasteiger partial charge in [0.1, 0.15) is 23.3 Å². The molecule has 0 bridgehead atoms. The standard InChI is InChI=1S/C11H6BrFN4/c12-8-3-6(1-2-9(8)13)11-16-5-7(4-14)10(15)17-11/h1-3,5H,(H2,15,16,17). The molecule has 1 aromatic carbocycles. The number of nitrogens with zero attached hydrogens (tertiary/aromatic N) is 3. The molecule has 17 heavy (non-hydrogen) atoms. The van der Waals surface area contributed by atoms with Crippen LogP contribution in [0.25, 0.3) is 11.4 Å². The van der Waals surface area contributed by atoms with Crippen molar-refractivity contribution >= 4 is 21.7 Å². The van der Waals surface area contributed by atoms with Gasteiger partial charge in [-0.3, -0.25) is 0 Å². The molecule has 0 saturated heterocycles. The van der Waals surface area contributed by atoms with Gasteiger partial charge in [-0.15, -0.1) is 0 Å². The lowest BCUT2D eigenvalue weighted by Gasteiger charge is -2.03. The van der Waals surface area contributed by atoms with Gasteiger partial charge >= 0.3 is 0 Å².